The van der Waals surface area contributed by atoms with E-state index in [4.69, 9.17) is 9.47 Å². The molecule has 3 fully saturated rings. The average Bonchev–Trinajstić information content (AvgIpc) is 2.70. The van der Waals surface area contributed by atoms with Gasteiger partial charge in [-0.05, 0) is 25.7 Å². The predicted molar refractivity (Wildman–Crippen MR) is 66.2 cm³/mol. The molecule has 3 rings (SSSR count). The molecule has 2 atom stereocenters. The third-order valence-corrected chi connectivity index (χ3v) is 4.20. The lowest BCUT2D eigenvalue weighted by Crippen LogP contribution is -2.46. The number of nitrogens with one attached hydrogen (secondary N) is 1. The van der Waals surface area contributed by atoms with Gasteiger partial charge in [0.15, 0.2) is 0 Å². The summed E-state index contributed by atoms with van der Waals surface area (Å²) in [6.07, 6.45) is 5.94. The van der Waals surface area contributed by atoms with Crippen molar-refractivity contribution in [1.29, 1.82) is 0 Å². The maximum atomic E-state index is 5.85. The van der Waals surface area contributed by atoms with Crippen LogP contribution < -0.4 is 5.32 Å². The highest BCUT2D eigenvalue weighted by Gasteiger charge is 2.33. The van der Waals surface area contributed by atoms with Gasteiger partial charge < -0.3 is 14.8 Å². The lowest BCUT2D eigenvalue weighted by molar-refractivity contribution is -0.0380. The summed E-state index contributed by atoms with van der Waals surface area (Å²) in [6.45, 7) is 6.44. The monoisotopic (exact) mass is 240 g/mol. The van der Waals surface area contributed by atoms with Gasteiger partial charge in [-0.15, -0.1) is 0 Å². The Labute approximate surface area is 104 Å². The zero-order valence-electron chi connectivity index (χ0n) is 10.6. The summed E-state index contributed by atoms with van der Waals surface area (Å²) in [5, 5.41) is 3.66. The number of fused-ring (bicyclic) bond motifs is 2. The second kappa shape index (κ2) is 5.65. The molecule has 4 heteroatoms. The fourth-order valence-electron chi connectivity index (χ4n) is 3.21. The summed E-state index contributed by atoms with van der Waals surface area (Å²) < 4.78 is 11.2. The van der Waals surface area contributed by atoms with Gasteiger partial charge in [0.2, 0.25) is 0 Å². The van der Waals surface area contributed by atoms with Gasteiger partial charge in [0.05, 0.1) is 12.2 Å². The van der Waals surface area contributed by atoms with E-state index in [1.54, 1.807) is 0 Å². The smallest absolute Gasteiger partial charge is 0.0707 e. The molecule has 3 aliphatic heterocycles. The minimum Gasteiger partial charge on any atom is -0.381 e. The quantitative estimate of drug-likeness (QED) is 0.781. The summed E-state index contributed by atoms with van der Waals surface area (Å²) in [7, 11) is 0. The van der Waals surface area contributed by atoms with E-state index in [1.807, 2.05) is 0 Å². The molecule has 4 nitrogen and oxygen atoms in total. The Kier molecular flexibility index (Phi) is 3.96. The van der Waals surface area contributed by atoms with Gasteiger partial charge in [-0.3, -0.25) is 4.90 Å². The molecular formula is C13H24N2O2. The van der Waals surface area contributed by atoms with Crippen molar-refractivity contribution in [3.63, 3.8) is 0 Å². The first-order valence-corrected chi connectivity index (χ1v) is 7.09. The van der Waals surface area contributed by atoms with Gasteiger partial charge in [-0.2, -0.15) is 0 Å². The van der Waals surface area contributed by atoms with Crippen LogP contribution in [-0.2, 0) is 9.47 Å². The van der Waals surface area contributed by atoms with Gasteiger partial charge in [0, 0.05) is 45.4 Å². The lowest BCUT2D eigenvalue weighted by atomic mass is 10.1. The van der Waals surface area contributed by atoms with Crippen molar-refractivity contribution in [2.24, 2.45) is 0 Å². The largest absolute Gasteiger partial charge is 0.381 e. The molecule has 0 aromatic rings. The maximum absolute atomic E-state index is 5.85. The standard InChI is InChI=1S/C13H24N2O2/c1-2-13-10-15(9-12(1)17-13)6-5-14-11-3-7-16-8-4-11/h11-14H,1-10H2. The first kappa shape index (κ1) is 11.9. The van der Waals surface area contributed by atoms with Crippen LogP contribution in [0.3, 0.4) is 0 Å². The van der Waals surface area contributed by atoms with Crippen molar-refractivity contribution in [3.05, 3.63) is 0 Å². The molecule has 0 aliphatic carbocycles. The minimum absolute atomic E-state index is 0.525. The first-order valence-electron chi connectivity index (χ1n) is 7.09. The molecule has 17 heavy (non-hydrogen) atoms. The number of morpholine rings is 1. The molecule has 3 heterocycles. The van der Waals surface area contributed by atoms with Gasteiger partial charge in [-0.25, -0.2) is 0 Å². The molecule has 0 amide bonds. The zero-order chi connectivity index (χ0) is 11.5. The van der Waals surface area contributed by atoms with Gasteiger partial charge in [0.1, 0.15) is 0 Å². The number of ether oxygens (including phenoxy) is 2. The molecule has 3 aliphatic rings. The fourth-order valence-corrected chi connectivity index (χ4v) is 3.21. The Morgan fingerprint density at radius 2 is 1.71 bits per heavy atom. The lowest BCUT2D eigenvalue weighted by Gasteiger charge is -2.32. The van der Waals surface area contributed by atoms with Crippen molar-refractivity contribution in [1.82, 2.24) is 10.2 Å². The fraction of sp³-hybridized carbons (Fsp3) is 1.00. The number of hydrogen-bond donors (Lipinski definition) is 1. The van der Waals surface area contributed by atoms with Gasteiger partial charge in [-0.1, -0.05) is 0 Å². The highest BCUT2D eigenvalue weighted by Crippen LogP contribution is 2.25. The third-order valence-electron chi connectivity index (χ3n) is 4.20. The number of likely N-dealkylation sites (tertiary alicyclic amines) is 1. The van der Waals surface area contributed by atoms with Crippen molar-refractivity contribution in [2.45, 2.75) is 43.9 Å². The Bertz CT molecular complexity index is 232. The van der Waals surface area contributed by atoms with Crippen LogP contribution in [0.5, 0.6) is 0 Å². The first-order chi connectivity index (χ1) is 8.40. The summed E-state index contributed by atoms with van der Waals surface area (Å²) in [4.78, 5) is 2.57. The molecule has 2 unspecified atom stereocenters. The van der Waals surface area contributed by atoms with Crippen molar-refractivity contribution < 1.29 is 9.47 Å². The SMILES string of the molecule is C(CN1CC2CCC(C1)O2)NC1CCOCC1. The van der Waals surface area contributed by atoms with E-state index in [2.05, 4.69) is 10.2 Å². The second-order valence-electron chi connectivity index (χ2n) is 5.56. The molecule has 0 aromatic heterocycles. The Hall–Kier alpha value is -0.160. The molecule has 1 N–H and O–H groups in total. The highest BCUT2D eigenvalue weighted by atomic mass is 16.5. The molecule has 0 saturated carbocycles. The van der Waals surface area contributed by atoms with Crippen LogP contribution in [0.15, 0.2) is 0 Å². The molecular weight excluding hydrogens is 216 g/mol. The molecule has 0 radical (unpaired) electrons. The van der Waals surface area contributed by atoms with E-state index >= 15 is 0 Å². The summed E-state index contributed by atoms with van der Waals surface area (Å²) >= 11 is 0. The van der Waals surface area contributed by atoms with Crippen LogP contribution in [0.4, 0.5) is 0 Å². The molecule has 0 aromatic carbocycles. The van der Waals surface area contributed by atoms with Gasteiger partial charge in [0.25, 0.3) is 0 Å². The topological polar surface area (TPSA) is 33.7 Å². The van der Waals surface area contributed by atoms with Crippen LogP contribution in [0, 0.1) is 0 Å². The Morgan fingerprint density at radius 1 is 1.00 bits per heavy atom. The summed E-state index contributed by atoms with van der Waals surface area (Å²) in [5.41, 5.74) is 0. The summed E-state index contributed by atoms with van der Waals surface area (Å²) in [5.74, 6) is 0. The van der Waals surface area contributed by atoms with E-state index in [1.165, 1.54) is 32.2 Å². The molecule has 2 bridgehead atoms. The highest BCUT2D eigenvalue weighted by molar-refractivity contribution is 4.85. The van der Waals surface area contributed by atoms with Gasteiger partial charge >= 0.3 is 0 Å². The van der Waals surface area contributed by atoms with Crippen LogP contribution in [0.2, 0.25) is 0 Å². The Balaban J connectivity index is 1.34. The molecule has 0 spiro atoms. The Morgan fingerprint density at radius 3 is 2.41 bits per heavy atom. The normalized spacial score (nSPS) is 35.3. The number of nitrogens with zero attached hydrogens (tertiary/aromatic N) is 1. The van der Waals surface area contributed by atoms with Crippen LogP contribution in [0.1, 0.15) is 25.7 Å². The second-order valence-corrected chi connectivity index (χ2v) is 5.56. The van der Waals surface area contributed by atoms with Crippen LogP contribution in [0.25, 0.3) is 0 Å². The van der Waals surface area contributed by atoms with Crippen molar-refractivity contribution >= 4 is 0 Å². The van der Waals surface area contributed by atoms with E-state index < -0.39 is 0 Å². The molecule has 98 valence electrons. The third kappa shape index (κ3) is 3.19. The number of hydrogen-bond acceptors (Lipinski definition) is 4. The molecule has 3 saturated heterocycles. The van der Waals surface area contributed by atoms with Crippen molar-refractivity contribution in [3.8, 4) is 0 Å². The maximum Gasteiger partial charge on any atom is 0.0707 e. The van der Waals surface area contributed by atoms with Crippen molar-refractivity contribution in [2.75, 3.05) is 39.4 Å². The summed E-state index contributed by atoms with van der Waals surface area (Å²) in [6, 6.07) is 0.682. The van der Waals surface area contributed by atoms with E-state index in [-0.39, 0.29) is 0 Å². The predicted octanol–water partition coefficient (Wildman–Crippen LogP) is 0.618. The minimum atomic E-state index is 0.525. The van der Waals surface area contributed by atoms with Crippen LogP contribution in [-0.4, -0.2) is 62.5 Å². The van der Waals surface area contributed by atoms with E-state index in [9.17, 15) is 0 Å². The number of rotatable bonds is 4. The average molecular weight is 240 g/mol. The van der Waals surface area contributed by atoms with E-state index in [0.717, 1.165) is 32.8 Å². The zero-order valence-corrected chi connectivity index (χ0v) is 10.6. The van der Waals surface area contributed by atoms with E-state index in [0.29, 0.717) is 18.2 Å². The van der Waals surface area contributed by atoms with Crippen LogP contribution >= 0.6 is 0 Å².